The first-order valence-corrected chi connectivity index (χ1v) is 10.1. The third-order valence-corrected chi connectivity index (χ3v) is 5.27. The number of amides is 1. The van der Waals surface area contributed by atoms with Crippen molar-refractivity contribution in [1.82, 2.24) is 20.1 Å². The molecule has 1 amide bonds. The molecule has 1 N–H and O–H groups in total. The molecule has 0 saturated carbocycles. The van der Waals surface area contributed by atoms with Crippen molar-refractivity contribution in [2.45, 2.75) is 30.8 Å². The molecule has 0 saturated heterocycles. The number of benzene rings is 2. The van der Waals surface area contributed by atoms with E-state index in [1.54, 1.807) is 12.1 Å². The van der Waals surface area contributed by atoms with Crippen molar-refractivity contribution in [3.8, 4) is 5.69 Å². The molecule has 1 aromatic heterocycles. The van der Waals surface area contributed by atoms with E-state index in [9.17, 15) is 9.18 Å². The first kappa shape index (κ1) is 21.0. The minimum Gasteiger partial charge on any atom is -0.375 e. The van der Waals surface area contributed by atoms with Crippen LogP contribution in [0.5, 0.6) is 0 Å². The summed E-state index contributed by atoms with van der Waals surface area (Å²) in [6, 6.07) is 14.1. The minimum absolute atomic E-state index is 0.0187. The number of aromatic nitrogens is 3. The van der Waals surface area contributed by atoms with Gasteiger partial charge in [-0.1, -0.05) is 41.6 Å². The fourth-order valence-corrected chi connectivity index (χ4v) is 3.71. The van der Waals surface area contributed by atoms with Gasteiger partial charge in [0, 0.05) is 18.6 Å². The topological polar surface area (TPSA) is 69.0 Å². The van der Waals surface area contributed by atoms with Gasteiger partial charge in [-0.25, -0.2) is 4.39 Å². The van der Waals surface area contributed by atoms with Gasteiger partial charge in [0.2, 0.25) is 5.91 Å². The molecule has 1 atom stereocenters. The predicted molar refractivity (Wildman–Crippen MR) is 110 cm³/mol. The van der Waals surface area contributed by atoms with E-state index < -0.39 is 0 Å². The third-order valence-electron chi connectivity index (χ3n) is 4.27. The van der Waals surface area contributed by atoms with Crippen LogP contribution in [0.25, 0.3) is 5.69 Å². The molecule has 0 spiro atoms. The van der Waals surface area contributed by atoms with Crippen molar-refractivity contribution >= 4 is 17.7 Å². The molecule has 8 heteroatoms. The van der Waals surface area contributed by atoms with E-state index in [0.29, 0.717) is 16.7 Å². The van der Waals surface area contributed by atoms with Gasteiger partial charge in [-0.2, -0.15) is 0 Å². The lowest BCUT2D eigenvalue weighted by atomic mass is 10.2. The summed E-state index contributed by atoms with van der Waals surface area (Å²) < 4.78 is 20.0. The van der Waals surface area contributed by atoms with Gasteiger partial charge in [0.15, 0.2) is 11.0 Å². The summed E-state index contributed by atoms with van der Waals surface area (Å²) in [5, 5.41) is 12.2. The highest BCUT2D eigenvalue weighted by molar-refractivity contribution is 7.98. The number of thioether (sulfide) groups is 1. The van der Waals surface area contributed by atoms with Gasteiger partial charge in [0.05, 0.1) is 6.04 Å². The number of carbonyl (C=O) groups is 1. The molecule has 29 heavy (non-hydrogen) atoms. The van der Waals surface area contributed by atoms with Crippen LogP contribution in [0, 0.1) is 12.7 Å². The van der Waals surface area contributed by atoms with Crippen LogP contribution >= 0.6 is 11.8 Å². The van der Waals surface area contributed by atoms with Crippen molar-refractivity contribution in [3.63, 3.8) is 0 Å². The Morgan fingerprint density at radius 2 is 1.86 bits per heavy atom. The fourth-order valence-electron chi connectivity index (χ4n) is 2.80. The second kappa shape index (κ2) is 9.67. The standard InChI is InChI=1S/C21H23FN4O2S/c1-14-4-10-18(11-5-14)26-20(15(2)23-19(27)12-28-3)24-25-21(26)29-13-16-6-8-17(22)9-7-16/h4-11,15H,12-13H2,1-3H3,(H,23,27)/t15-/m1/s1. The summed E-state index contributed by atoms with van der Waals surface area (Å²) in [7, 11) is 1.48. The molecule has 0 aliphatic carbocycles. The Balaban J connectivity index is 1.89. The van der Waals surface area contributed by atoms with Crippen molar-refractivity contribution in [2.24, 2.45) is 0 Å². The number of hydrogen-bond acceptors (Lipinski definition) is 5. The zero-order valence-corrected chi connectivity index (χ0v) is 17.4. The average molecular weight is 415 g/mol. The van der Waals surface area contributed by atoms with Crippen LogP contribution in [0.4, 0.5) is 4.39 Å². The second-order valence-corrected chi connectivity index (χ2v) is 7.59. The summed E-state index contributed by atoms with van der Waals surface area (Å²) in [6.07, 6.45) is 0. The van der Waals surface area contributed by atoms with E-state index in [4.69, 9.17) is 4.74 Å². The zero-order valence-electron chi connectivity index (χ0n) is 16.6. The molecular weight excluding hydrogens is 391 g/mol. The van der Waals surface area contributed by atoms with Crippen LogP contribution in [0.2, 0.25) is 0 Å². The lowest BCUT2D eigenvalue weighted by molar-refractivity contribution is -0.125. The second-order valence-electron chi connectivity index (χ2n) is 6.65. The highest BCUT2D eigenvalue weighted by Gasteiger charge is 2.21. The van der Waals surface area contributed by atoms with Crippen LogP contribution in [0.15, 0.2) is 53.7 Å². The number of ether oxygens (including phenoxy) is 1. The van der Waals surface area contributed by atoms with Gasteiger partial charge >= 0.3 is 0 Å². The van der Waals surface area contributed by atoms with E-state index in [1.807, 2.05) is 42.7 Å². The number of carbonyl (C=O) groups excluding carboxylic acids is 1. The normalized spacial score (nSPS) is 12.0. The lowest BCUT2D eigenvalue weighted by Crippen LogP contribution is -2.31. The van der Waals surface area contributed by atoms with Gasteiger partial charge in [-0.05, 0) is 43.7 Å². The molecule has 152 valence electrons. The highest BCUT2D eigenvalue weighted by Crippen LogP contribution is 2.27. The van der Waals surface area contributed by atoms with Gasteiger partial charge < -0.3 is 10.1 Å². The van der Waals surface area contributed by atoms with Gasteiger partial charge in [-0.3, -0.25) is 9.36 Å². The van der Waals surface area contributed by atoms with Crippen LogP contribution in [-0.2, 0) is 15.3 Å². The molecular formula is C21H23FN4O2S. The number of hydrogen-bond donors (Lipinski definition) is 1. The van der Waals surface area contributed by atoms with E-state index in [1.165, 1.54) is 31.0 Å². The van der Waals surface area contributed by atoms with E-state index in [0.717, 1.165) is 16.8 Å². The summed E-state index contributed by atoms with van der Waals surface area (Å²) >= 11 is 1.50. The van der Waals surface area contributed by atoms with E-state index >= 15 is 0 Å². The Morgan fingerprint density at radius 3 is 2.52 bits per heavy atom. The molecule has 3 aromatic rings. The minimum atomic E-state index is -0.355. The molecule has 0 fully saturated rings. The van der Waals surface area contributed by atoms with Crippen LogP contribution in [0.1, 0.15) is 29.9 Å². The molecule has 2 aromatic carbocycles. The molecule has 1 heterocycles. The molecule has 3 rings (SSSR count). The van der Waals surface area contributed by atoms with Crippen molar-refractivity contribution in [3.05, 3.63) is 71.3 Å². The Kier molecular flexibility index (Phi) is 7.00. The van der Waals surface area contributed by atoms with Crippen LogP contribution < -0.4 is 5.32 Å². The number of rotatable bonds is 8. The smallest absolute Gasteiger partial charge is 0.246 e. The summed E-state index contributed by atoms with van der Waals surface area (Å²) in [5.74, 6) is 0.762. The largest absolute Gasteiger partial charge is 0.375 e. The maximum Gasteiger partial charge on any atom is 0.246 e. The lowest BCUT2D eigenvalue weighted by Gasteiger charge is -2.16. The highest BCUT2D eigenvalue weighted by atomic mass is 32.2. The molecule has 0 aliphatic rings. The monoisotopic (exact) mass is 414 g/mol. The van der Waals surface area contributed by atoms with Crippen molar-refractivity contribution in [2.75, 3.05) is 13.7 Å². The van der Waals surface area contributed by atoms with Gasteiger partial charge in [0.1, 0.15) is 12.4 Å². The SMILES string of the molecule is COCC(=O)N[C@H](C)c1nnc(SCc2ccc(F)cc2)n1-c1ccc(C)cc1. The predicted octanol–water partition coefficient (Wildman–Crippen LogP) is 3.83. The van der Waals surface area contributed by atoms with E-state index in [2.05, 4.69) is 15.5 Å². The molecule has 0 aliphatic heterocycles. The molecule has 0 unspecified atom stereocenters. The number of halogens is 1. The Labute approximate surface area is 173 Å². The Hall–Kier alpha value is -2.71. The number of aryl methyl sites for hydroxylation is 1. The molecule has 6 nitrogen and oxygen atoms in total. The Bertz CT molecular complexity index is 958. The maximum atomic E-state index is 13.1. The number of nitrogens with one attached hydrogen (secondary N) is 1. The Morgan fingerprint density at radius 1 is 1.17 bits per heavy atom. The van der Waals surface area contributed by atoms with Gasteiger partial charge in [-0.15, -0.1) is 10.2 Å². The maximum absolute atomic E-state index is 13.1. The van der Waals surface area contributed by atoms with Crippen LogP contribution in [0.3, 0.4) is 0 Å². The first-order valence-electron chi connectivity index (χ1n) is 9.16. The first-order chi connectivity index (χ1) is 14.0. The van der Waals surface area contributed by atoms with Crippen molar-refractivity contribution in [1.29, 1.82) is 0 Å². The quantitative estimate of drug-likeness (QED) is 0.568. The third kappa shape index (κ3) is 5.42. The summed E-state index contributed by atoms with van der Waals surface area (Å²) in [5.41, 5.74) is 3.04. The fraction of sp³-hybridized carbons (Fsp3) is 0.286. The van der Waals surface area contributed by atoms with E-state index in [-0.39, 0.29) is 24.4 Å². The molecule has 0 bridgehead atoms. The molecule has 0 radical (unpaired) electrons. The van der Waals surface area contributed by atoms with Crippen molar-refractivity contribution < 1.29 is 13.9 Å². The zero-order chi connectivity index (χ0) is 20.8. The van der Waals surface area contributed by atoms with Crippen LogP contribution in [-0.4, -0.2) is 34.4 Å². The number of nitrogens with zero attached hydrogens (tertiary/aromatic N) is 3. The summed E-state index contributed by atoms with van der Waals surface area (Å²) in [4.78, 5) is 11.9. The number of methoxy groups -OCH3 is 1. The summed E-state index contributed by atoms with van der Waals surface area (Å²) in [6.45, 7) is 3.86. The average Bonchev–Trinajstić information content (AvgIpc) is 3.12. The van der Waals surface area contributed by atoms with Gasteiger partial charge in [0.25, 0.3) is 0 Å².